The molecule has 0 rings (SSSR count). The van der Waals surface area contributed by atoms with Gasteiger partial charge < -0.3 is 14.6 Å². The van der Waals surface area contributed by atoms with Crippen LogP contribution in [0.3, 0.4) is 0 Å². The third-order valence-electron chi connectivity index (χ3n) is 2.36. The fraction of sp³-hybridized carbons (Fsp3) is 0.846. The summed E-state index contributed by atoms with van der Waals surface area (Å²) in [6.45, 7) is 8.53. The maximum absolute atomic E-state index is 11.5. The van der Waals surface area contributed by atoms with Gasteiger partial charge in [-0.2, -0.15) is 0 Å². The summed E-state index contributed by atoms with van der Waals surface area (Å²) in [5.41, 5.74) is -0.917. The number of hydrogen-bond acceptors (Lipinski definition) is 5. The molecule has 0 aliphatic rings. The lowest BCUT2D eigenvalue weighted by molar-refractivity contribution is -0.368. The Morgan fingerprint density at radius 3 is 1.50 bits per heavy atom. The van der Waals surface area contributed by atoms with Crippen molar-refractivity contribution in [3.05, 3.63) is 0 Å². The Labute approximate surface area is 108 Å². The van der Waals surface area contributed by atoms with Gasteiger partial charge in [-0.3, -0.25) is 9.59 Å². The van der Waals surface area contributed by atoms with Gasteiger partial charge in [-0.15, -0.1) is 0 Å². The minimum Gasteiger partial charge on any atom is -0.398 e. The molecule has 0 aromatic heterocycles. The molecule has 5 nitrogen and oxygen atoms in total. The molecule has 1 N–H and O–H groups in total. The topological polar surface area (TPSA) is 72.8 Å². The molecule has 0 aromatic rings. The Kier molecular flexibility index (Phi) is 6.32. The van der Waals surface area contributed by atoms with E-state index < -0.39 is 23.3 Å². The molecule has 0 amide bonds. The number of esters is 2. The van der Waals surface area contributed by atoms with Crippen LogP contribution in [0.15, 0.2) is 0 Å². The first-order valence-corrected chi connectivity index (χ1v) is 6.32. The Morgan fingerprint density at radius 2 is 1.28 bits per heavy atom. The molecule has 0 spiro atoms. The monoisotopic (exact) mass is 260 g/mol. The average Bonchev–Trinajstić information content (AvgIpc) is 2.15. The van der Waals surface area contributed by atoms with Crippen molar-refractivity contribution in [2.24, 2.45) is 5.41 Å². The summed E-state index contributed by atoms with van der Waals surface area (Å²) in [4.78, 5) is 22.9. The molecular formula is C13H24O5. The highest BCUT2D eigenvalue weighted by molar-refractivity contribution is 5.71. The van der Waals surface area contributed by atoms with Gasteiger partial charge in [-0.05, 0) is 33.6 Å². The lowest BCUT2D eigenvalue weighted by atomic mass is 9.93. The minimum atomic E-state index is -2.22. The second-order valence-electron chi connectivity index (χ2n) is 5.28. The molecule has 0 unspecified atom stereocenters. The molecule has 0 saturated heterocycles. The van der Waals surface area contributed by atoms with Gasteiger partial charge in [0.1, 0.15) is 0 Å². The summed E-state index contributed by atoms with van der Waals surface area (Å²) < 4.78 is 9.87. The summed E-state index contributed by atoms with van der Waals surface area (Å²) in [5.74, 6) is -3.38. The molecular weight excluding hydrogens is 236 g/mol. The zero-order valence-corrected chi connectivity index (χ0v) is 11.9. The van der Waals surface area contributed by atoms with Crippen molar-refractivity contribution in [2.45, 2.75) is 66.3 Å². The predicted molar refractivity (Wildman–Crippen MR) is 66.4 cm³/mol. The Bertz CT molecular complexity index is 270. The molecule has 0 radical (unpaired) electrons. The van der Waals surface area contributed by atoms with Crippen LogP contribution in [0.2, 0.25) is 0 Å². The Hall–Kier alpha value is -1.10. The van der Waals surface area contributed by atoms with E-state index in [2.05, 4.69) is 0 Å². The highest BCUT2D eigenvalue weighted by Gasteiger charge is 2.48. The average molecular weight is 260 g/mol. The second kappa shape index (κ2) is 6.73. The number of aliphatic hydroxyl groups is 1. The minimum absolute atomic E-state index is 0.170. The third-order valence-corrected chi connectivity index (χ3v) is 2.36. The van der Waals surface area contributed by atoms with Crippen LogP contribution in [0, 0.1) is 5.41 Å². The molecule has 106 valence electrons. The van der Waals surface area contributed by atoms with E-state index in [4.69, 9.17) is 9.47 Å². The SMILES string of the molecule is CCCC(=O)OC(O)(OC(=O)CCC)C(C)(C)C. The lowest BCUT2D eigenvalue weighted by Gasteiger charge is -2.37. The standard InChI is InChI=1S/C13H24O5/c1-6-8-10(14)17-13(16,12(3,4)5)18-11(15)9-7-2/h16H,6-9H2,1-5H3. The highest BCUT2D eigenvalue weighted by Crippen LogP contribution is 2.33. The van der Waals surface area contributed by atoms with E-state index in [1.165, 1.54) is 0 Å². The molecule has 0 aliphatic heterocycles. The van der Waals surface area contributed by atoms with Crippen molar-refractivity contribution in [3.8, 4) is 0 Å². The maximum atomic E-state index is 11.5. The first-order valence-electron chi connectivity index (χ1n) is 6.32. The molecule has 0 bridgehead atoms. The first kappa shape index (κ1) is 16.9. The van der Waals surface area contributed by atoms with Crippen LogP contribution in [0.5, 0.6) is 0 Å². The number of carbonyl (C=O) groups excluding carboxylic acids is 2. The number of carbonyl (C=O) groups is 2. The zero-order valence-electron chi connectivity index (χ0n) is 11.9. The van der Waals surface area contributed by atoms with Crippen LogP contribution in [-0.2, 0) is 19.1 Å². The molecule has 0 heterocycles. The molecule has 0 aromatic carbocycles. The zero-order chi connectivity index (χ0) is 14.4. The quantitative estimate of drug-likeness (QED) is 0.586. The molecule has 0 saturated carbocycles. The van der Waals surface area contributed by atoms with Crippen molar-refractivity contribution in [1.82, 2.24) is 0 Å². The predicted octanol–water partition coefficient (Wildman–Crippen LogP) is 2.37. The Balaban J connectivity index is 4.85. The summed E-state index contributed by atoms with van der Waals surface area (Å²) >= 11 is 0. The van der Waals surface area contributed by atoms with Gasteiger partial charge in [0, 0.05) is 12.8 Å². The second-order valence-corrected chi connectivity index (χ2v) is 5.28. The molecule has 5 heteroatoms. The molecule has 0 atom stereocenters. The largest absolute Gasteiger partial charge is 0.398 e. The van der Waals surface area contributed by atoms with Gasteiger partial charge in [0.05, 0.1) is 5.41 Å². The first-order chi connectivity index (χ1) is 8.16. The smallest absolute Gasteiger partial charge is 0.378 e. The van der Waals surface area contributed by atoms with E-state index in [-0.39, 0.29) is 12.8 Å². The summed E-state index contributed by atoms with van der Waals surface area (Å²) in [6, 6.07) is 0. The van der Waals surface area contributed by atoms with Crippen LogP contribution >= 0.6 is 0 Å². The fourth-order valence-corrected chi connectivity index (χ4v) is 1.15. The van der Waals surface area contributed by atoms with Crippen LogP contribution in [0.4, 0.5) is 0 Å². The Morgan fingerprint density at radius 1 is 0.944 bits per heavy atom. The van der Waals surface area contributed by atoms with Gasteiger partial charge in [-0.25, -0.2) is 0 Å². The maximum Gasteiger partial charge on any atom is 0.378 e. The van der Waals surface area contributed by atoms with Gasteiger partial charge >= 0.3 is 17.9 Å². The number of hydrogen-bond donors (Lipinski definition) is 1. The van der Waals surface area contributed by atoms with Crippen LogP contribution < -0.4 is 0 Å². The molecule has 18 heavy (non-hydrogen) atoms. The van der Waals surface area contributed by atoms with Gasteiger partial charge in [-0.1, -0.05) is 13.8 Å². The van der Waals surface area contributed by atoms with E-state index in [0.717, 1.165) is 0 Å². The van der Waals surface area contributed by atoms with E-state index >= 15 is 0 Å². The summed E-state index contributed by atoms with van der Waals surface area (Å²) in [6.07, 6.45) is 1.54. The van der Waals surface area contributed by atoms with Crippen LogP contribution in [0.25, 0.3) is 0 Å². The van der Waals surface area contributed by atoms with Gasteiger partial charge in [0.25, 0.3) is 0 Å². The lowest BCUT2D eigenvalue weighted by Crippen LogP contribution is -2.50. The van der Waals surface area contributed by atoms with E-state index in [9.17, 15) is 14.7 Å². The fourth-order valence-electron chi connectivity index (χ4n) is 1.15. The van der Waals surface area contributed by atoms with Gasteiger partial charge in [0.2, 0.25) is 0 Å². The molecule has 0 fully saturated rings. The van der Waals surface area contributed by atoms with E-state index in [1.807, 2.05) is 13.8 Å². The van der Waals surface area contributed by atoms with Crippen LogP contribution in [0.1, 0.15) is 60.3 Å². The van der Waals surface area contributed by atoms with E-state index in [1.54, 1.807) is 20.8 Å². The van der Waals surface area contributed by atoms with Crippen molar-refractivity contribution < 1.29 is 24.2 Å². The van der Waals surface area contributed by atoms with Crippen LogP contribution in [-0.4, -0.2) is 23.0 Å². The van der Waals surface area contributed by atoms with Crippen molar-refractivity contribution >= 4 is 11.9 Å². The number of rotatable bonds is 6. The normalized spacial score (nSPS) is 12.1. The highest BCUT2D eigenvalue weighted by atomic mass is 16.8. The van der Waals surface area contributed by atoms with E-state index in [0.29, 0.717) is 12.8 Å². The molecule has 0 aliphatic carbocycles. The summed E-state index contributed by atoms with van der Waals surface area (Å²) in [7, 11) is 0. The summed E-state index contributed by atoms with van der Waals surface area (Å²) in [5, 5.41) is 10.3. The van der Waals surface area contributed by atoms with Gasteiger partial charge in [0.15, 0.2) is 0 Å². The third kappa shape index (κ3) is 5.04. The van der Waals surface area contributed by atoms with Crippen molar-refractivity contribution in [1.29, 1.82) is 0 Å². The van der Waals surface area contributed by atoms with Crippen molar-refractivity contribution in [3.63, 3.8) is 0 Å². The number of ether oxygens (including phenoxy) is 2. The van der Waals surface area contributed by atoms with Crippen molar-refractivity contribution in [2.75, 3.05) is 0 Å².